The molecule has 1 aromatic heterocycles. The van der Waals surface area contributed by atoms with Crippen LogP contribution in [0.4, 0.5) is 0 Å². The Labute approximate surface area is 140 Å². The molecule has 0 aliphatic rings. The Bertz CT molecular complexity index is 1570. The Kier molecular flexibility index (Phi) is 2.13. The number of rotatable bonds is 0. The molecule has 2 bridgehead atoms. The molecule has 0 saturated carbocycles. The van der Waals surface area contributed by atoms with E-state index in [0.717, 1.165) is 37.7 Å². The molecule has 116 valence electrons. The summed E-state index contributed by atoms with van der Waals surface area (Å²) >= 11 is 0. The van der Waals surface area contributed by atoms with Gasteiger partial charge in [-0.2, -0.15) is 0 Å². The Morgan fingerprint density at radius 1 is 0.520 bits per heavy atom. The lowest BCUT2D eigenvalue weighted by atomic mass is 9.88. The van der Waals surface area contributed by atoms with E-state index >= 15 is 0 Å². The van der Waals surface area contributed by atoms with Gasteiger partial charge in [0.15, 0.2) is 0 Å². The molecule has 1 heterocycles. The summed E-state index contributed by atoms with van der Waals surface area (Å²) < 4.78 is 4.99. The predicted molar refractivity (Wildman–Crippen MR) is 101 cm³/mol. The van der Waals surface area contributed by atoms with Crippen molar-refractivity contribution in [2.45, 2.75) is 0 Å². The van der Waals surface area contributed by atoms with Crippen molar-refractivity contribution >= 4 is 53.9 Å². The highest BCUT2D eigenvalue weighted by Gasteiger charge is 2.16. The molecular formula is C22H10O3. The molecule has 0 aliphatic carbocycles. The maximum atomic E-state index is 12.3. The smallest absolute Gasteiger partial charge is 0.346 e. The first-order chi connectivity index (χ1) is 12.2. The van der Waals surface area contributed by atoms with Crippen LogP contribution in [-0.2, 0) is 0 Å². The molecule has 0 amide bonds. The van der Waals surface area contributed by atoms with Crippen molar-refractivity contribution < 1.29 is 4.42 Å². The number of fused-ring (bicyclic) bond motifs is 3. The van der Waals surface area contributed by atoms with Gasteiger partial charge in [-0.3, -0.25) is 0 Å². The zero-order valence-corrected chi connectivity index (χ0v) is 13.0. The third-order valence-corrected chi connectivity index (χ3v) is 5.24. The molecular weight excluding hydrogens is 312 g/mol. The van der Waals surface area contributed by atoms with E-state index in [1.165, 1.54) is 5.39 Å². The van der Waals surface area contributed by atoms with Crippen LogP contribution in [0.5, 0.6) is 0 Å². The van der Waals surface area contributed by atoms with E-state index in [-0.39, 0.29) is 0 Å². The third-order valence-electron chi connectivity index (χ3n) is 5.24. The van der Waals surface area contributed by atoms with Gasteiger partial charge in [-0.1, -0.05) is 42.5 Å². The number of benzene rings is 5. The monoisotopic (exact) mass is 322 g/mol. The van der Waals surface area contributed by atoms with Gasteiger partial charge in [0.25, 0.3) is 0 Å². The fourth-order valence-electron chi connectivity index (χ4n) is 4.21. The molecule has 5 aromatic carbocycles. The normalized spacial score (nSPS) is 12.3. The second kappa shape index (κ2) is 4.14. The van der Waals surface area contributed by atoms with E-state index in [0.29, 0.717) is 10.8 Å². The van der Waals surface area contributed by atoms with Gasteiger partial charge in [0.05, 0.1) is 10.8 Å². The SMILES string of the molecule is O=c1oc(=O)c2ccc3c4cccc5cccc(c6cc1cc2c36)c54. The van der Waals surface area contributed by atoms with Crippen molar-refractivity contribution in [1.29, 1.82) is 0 Å². The second-order valence-corrected chi connectivity index (χ2v) is 6.49. The molecule has 3 nitrogen and oxygen atoms in total. The van der Waals surface area contributed by atoms with Crippen LogP contribution in [0.1, 0.15) is 0 Å². The Morgan fingerprint density at radius 3 is 1.88 bits per heavy atom. The molecule has 25 heavy (non-hydrogen) atoms. The van der Waals surface area contributed by atoms with Gasteiger partial charge >= 0.3 is 11.3 Å². The van der Waals surface area contributed by atoms with Crippen LogP contribution in [0.2, 0.25) is 0 Å². The van der Waals surface area contributed by atoms with Crippen LogP contribution in [0.3, 0.4) is 0 Å². The predicted octanol–water partition coefficient (Wildman–Crippen LogP) is 4.64. The van der Waals surface area contributed by atoms with Gasteiger partial charge in [0, 0.05) is 0 Å². The molecule has 6 aromatic rings. The zero-order chi connectivity index (χ0) is 16.7. The van der Waals surface area contributed by atoms with Crippen molar-refractivity contribution in [2.24, 2.45) is 0 Å². The fraction of sp³-hybridized carbons (Fsp3) is 0. The summed E-state index contributed by atoms with van der Waals surface area (Å²) in [4.78, 5) is 24.6. The van der Waals surface area contributed by atoms with Crippen LogP contribution in [-0.4, -0.2) is 0 Å². The van der Waals surface area contributed by atoms with Crippen molar-refractivity contribution in [1.82, 2.24) is 0 Å². The van der Waals surface area contributed by atoms with E-state index < -0.39 is 11.3 Å². The van der Waals surface area contributed by atoms with Gasteiger partial charge in [-0.05, 0) is 61.3 Å². The average Bonchev–Trinajstić information content (AvgIpc) is 2.74. The Balaban J connectivity index is 2.16. The largest absolute Gasteiger partial charge is 0.386 e. The molecule has 0 aliphatic heterocycles. The van der Waals surface area contributed by atoms with Crippen LogP contribution in [0.15, 0.2) is 74.7 Å². The van der Waals surface area contributed by atoms with Crippen molar-refractivity contribution in [2.75, 3.05) is 0 Å². The molecule has 3 heteroatoms. The number of hydrogen-bond donors (Lipinski definition) is 0. The molecule has 0 atom stereocenters. The van der Waals surface area contributed by atoms with E-state index in [4.69, 9.17) is 4.42 Å². The lowest BCUT2D eigenvalue weighted by Gasteiger charge is -2.14. The minimum absolute atomic E-state index is 0.420. The minimum atomic E-state index is -0.591. The average molecular weight is 322 g/mol. The Morgan fingerprint density at radius 2 is 1.12 bits per heavy atom. The van der Waals surface area contributed by atoms with E-state index in [1.54, 1.807) is 12.1 Å². The summed E-state index contributed by atoms with van der Waals surface area (Å²) in [6.07, 6.45) is 0. The molecule has 0 saturated heterocycles. The minimum Gasteiger partial charge on any atom is -0.386 e. The molecule has 6 rings (SSSR count). The lowest BCUT2D eigenvalue weighted by Crippen LogP contribution is -2.03. The quantitative estimate of drug-likeness (QED) is 0.302. The van der Waals surface area contributed by atoms with Gasteiger partial charge in [0.1, 0.15) is 0 Å². The summed E-state index contributed by atoms with van der Waals surface area (Å²) in [6.45, 7) is 0. The highest BCUT2D eigenvalue weighted by Crippen LogP contribution is 2.41. The molecule has 0 radical (unpaired) electrons. The summed E-state index contributed by atoms with van der Waals surface area (Å²) in [5.74, 6) is 0. The standard InChI is InChI=1S/C22H10O3/c23-21-12-9-17-14-6-2-4-11-3-1-5-13(19(11)14)15-7-8-16(22(24)25-21)18(10-12)20(15)17/h1-10H. The summed E-state index contributed by atoms with van der Waals surface area (Å²) in [7, 11) is 0. The first-order valence-corrected chi connectivity index (χ1v) is 8.12. The van der Waals surface area contributed by atoms with Gasteiger partial charge < -0.3 is 4.42 Å². The second-order valence-electron chi connectivity index (χ2n) is 6.49. The summed E-state index contributed by atoms with van der Waals surface area (Å²) in [5, 5.41) is 9.33. The van der Waals surface area contributed by atoms with Crippen LogP contribution in [0.25, 0.3) is 53.9 Å². The zero-order valence-electron chi connectivity index (χ0n) is 13.0. The summed E-state index contributed by atoms with van der Waals surface area (Å²) in [6, 6.07) is 19.8. The van der Waals surface area contributed by atoms with Crippen molar-refractivity contribution in [3.63, 3.8) is 0 Å². The van der Waals surface area contributed by atoms with E-state index in [9.17, 15) is 9.59 Å². The highest BCUT2D eigenvalue weighted by atomic mass is 16.4. The topological polar surface area (TPSA) is 47.3 Å². The first kappa shape index (κ1) is 12.9. The Hall–Kier alpha value is -3.46. The van der Waals surface area contributed by atoms with Gasteiger partial charge in [-0.15, -0.1) is 0 Å². The third kappa shape index (κ3) is 1.46. The van der Waals surface area contributed by atoms with Crippen molar-refractivity contribution in [3.8, 4) is 0 Å². The number of hydrogen-bond acceptors (Lipinski definition) is 3. The first-order valence-electron chi connectivity index (χ1n) is 8.12. The molecule has 0 unspecified atom stereocenters. The maximum absolute atomic E-state index is 12.3. The van der Waals surface area contributed by atoms with Gasteiger partial charge in [0.2, 0.25) is 0 Å². The lowest BCUT2D eigenvalue weighted by molar-refractivity contribution is 0.491. The van der Waals surface area contributed by atoms with Crippen molar-refractivity contribution in [3.05, 3.63) is 81.5 Å². The maximum Gasteiger partial charge on any atom is 0.346 e. The van der Waals surface area contributed by atoms with E-state index in [1.807, 2.05) is 18.2 Å². The van der Waals surface area contributed by atoms with Crippen LogP contribution < -0.4 is 11.3 Å². The van der Waals surface area contributed by atoms with Gasteiger partial charge in [-0.25, -0.2) is 9.59 Å². The molecule has 0 spiro atoms. The highest BCUT2D eigenvalue weighted by molar-refractivity contribution is 6.35. The van der Waals surface area contributed by atoms with E-state index in [2.05, 4.69) is 30.3 Å². The van der Waals surface area contributed by atoms with Crippen LogP contribution in [0, 0.1) is 0 Å². The molecule has 0 N–H and O–H groups in total. The fourth-order valence-corrected chi connectivity index (χ4v) is 4.21. The van der Waals surface area contributed by atoms with Crippen LogP contribution >= 0.6 is 0 Å². The summed E-state index contributed by atoms with van der Waals surface area (Å²) in [5.41, 5.74) is -1.17. The molecule has 0 fully saturated rings.